The fraction of sp³-hybridized carbons (Fsp3) is 0.208. The zero-order valence-corrected chi connectivity index (χ0v) is 18.5. The maximum absolute atomic E-state index is 5.68. The molecule has 0 aliphatic carbocycles. The summed E-state index contributed by atoms with van der Waals surface area (Å²) in [6.45, 7) is 3.15. The highest BCUT2D eigenvalue weighted by Crippen LogP contribution is 2.32. The molecule has 1 heterocycles. The number of benzene rings is 3. The number of nitrogens with two attached hydrogens (primary N) is 1. The average molecular weight is 436 g/mol. The third kappa shape index (κ3) is 5.40. The van der Waals surface area contributed by atoms with E-state index in [9.17, 15) is 0 Å². The Morgan fingerprint density at radius 1 is 1.07 bits per heavy atom. The lowest BCUT2D eigenvalue weighted by Gasteiger charge is -2.16. The van der Waals surface area contributed by atoms with Crippen LogP contribution in [-0.4, -0.2) is 18.1 Å². The van der Waals surface area contributed by atoms with E-state index in [2.05, 4.69) is 66.2 Å². The number of ether oxygens (including phenoxy) is 1. The Bertz CT molecular complexity index is 1100. The SMILES string of the molecule is Cc1cccc(CC(NSc2ccccc2)c2nc3ccc(OCCN)cc3s2)c1. The first kappa shape index (κ1) is 20.9. The van der Waals surface area contributed by atoms with Crippen LogP contribution in [0.2, 0.25) is 0 Å². The van der Waals surface area contributed by atoms with Crippen molar-refractivity contribution < 1.29 is 4.74 Å². The van der Waals surface area contributed by atoms with Crippen LogP contribution in [0.4, 0.5) is 0 Å². The lowest BCUT2D eigenvalue weighted by Crippen LogP contribution is -2.16. The molecule has 0 saturated carbocycles. The lowest BCUT2D eigenvalue weighted by atomic mass is 10.0. The number of rotatable bonds is 9. The molecule has 6 heteroatoms. The summed E-state index contributed by atoms with van der Waals surface area (Å²) in [6, 6.07) is 25.2. The van der Waals surface area contributed by atoms with Crippen molar-refractivity contribution in [3.05, 3.63) is 88.9 Å². The molecule has 1 unspecified atom stereocenters. The first-order valence-corrected chi connectivity index (χ1v) is 11.6. The van der Waals surface area contributed by atoms with Crippen molar-refractivity contribution in [2.75, 3.05) is 13.2 Å². The van der Waals surface area contributed by atoms with Crippen LogP contribution in [0.25, 0.3) is 10.2 Å². The van der Waals surface area contributed by atoms with Crippen LogP contribution in [0, 0.1) is 6.92 Å². The number of hydrogen-bond acceptors (Lipinski definition) is 6. The highest BCUT2D eigenvalue weighted by atomic mass is 32.2. The molecule has 0 amide bonds. The summed E-state index contributed by atoms with van der Waals surface area (Å²) in [5.41, 5.74) is 9.12. The van der Waals surface area contributed by atoms with Crippen molar-refractivity contribution in [3.63, 3.8) is 0 Å². The lowest BCUT2D eigenvalue weighted by molar-refractivity contribution is 0.329. The van der Waals surface area contributed by atoms with Crippen molar-refractivity contribution in [2.24, 2.45) is 5.73 Å². The minimum absolute atomic E-state index is 0.0998. The molecular weight excluding hydrogens is 410 g/mol. The predicted octanol–water partition coefficient (Wildman–Crippen LogP) is 5.52. The zero-order valence-electron chi connectivity index (χ0n) is 16.9. The van der Waals surface area contributed by atoms with Gasteiger partial charge in [0.25, 0.3) is 0 Å². The zero-order chi connectivity index (χ0) is 20.8. The number of thiazole rings is 1. The molecule has 4 rings (SSSR count). The van der Waals surface area contributed by atoms with Gasteiger partial charge in [0, 0.05) is 11.4 Å². The van der Waals surface area contributed by atoms with Crippen LogP contribution in [0.15, 0.2) is 77.7 Å². The highest BCUT2D eigenvalue weighted by molar-refractivity contribution is 7.97. The molecule has 4 nitrogen and oxygen atoms in total. The quantitative estimate of drug-likeness (QED) is 0.339. The fourth-order valence-electron chi connectivity index (χ4n) is 3.22. The van der Waals surface area contributed by atoms with Crippen LogP contribution < -0.4 is 15.2 Å². The molecule has 0 aliphatic rings. The van der Waals surface area contributed by atoms with Gasteiger partial charge in [0.2, 0.25) is 0 Å². The number of aryl methyl sites for hydroxylation is 1. The topological polar surface area (TPSA) is 60.2 Å². The predicted molar refractivity (Wildman–Crippen MR) is 127 cm³/mol. The van der Waals surface area contributed by atoms with Crippen molar-refractivity contribution in [3.8, 4) is 5.75 Å². The van der Waals surface area contributed by atoms with Gasteiger partial charge in [0.15, 0.2) is 0 Å². The fourth-order valence-corrected chi connectivity index (χ4v) is 5.11. The van der Waals surface area contributed by atoms with E-state index in [4.69, 9.17) is 15.5 Å². The van der Waals surface area contributed by atoms with E-state index in [1.165, 1.54) is 16.0 Å². The van der Waals surface area contributed by atoms with Gasteiger partial charge >= 0.3 is 0 Å². The Morgan fingerprint density at radius 3 is 2.73 bits per heavy atom. The van der Waals surface area contributed by atoms with Gasteiger partial charge in [-0.1, -0.05) is 48.0 Å². The van der Waals surface area contributed by atoms with Gasteiger partial charge in [-0.05, 0) is 61.2 Å². The molecule has 4 aromatic rings. The maximum atomic E-state index is 5.68. The van der Waals surface area contributed by atoms with Gasteiger partial charge in [-0.3, -0.25) is 0 Å². The van der Waals surface area contributed by atoms with Crippen LogP contribution in [0.3, 0.4) is 0 Å². The molecular formula is C24H25N3OS2. The molecule has 0 radical (unpaired) electrons. The summed E-state index contributed by atoms with van der Waals surface area (Å²) in [7, 11) is 0. The van der Waals surface area contributed by atoms with Crippen molar-refractivity contribution in [1.82, 2.24) is 9.71 Å². The van der Waals surface area contributed by atoms with E-state index < -0.39 is 0 Å². The maximum Gasteiger partial charge on any atom is 0.120 e. The summed E-state index contributed by atoms with van der Waals surface area (Å²) in [4.78, 5) is 6.11. The summed E-state index contributed by atoms with van der Waals surface area (Å²) in [5.74, 6) is 0.838. The van der Waals surface area contributed by atoms with E-state index in [1.807, 2.05) is 18.2 Å². The van der Waals surface area contributed by atoms with Gasteiger partial charge in [-0.25, -0.2) is 9.71 Å². The van der Waals surface area contributed by atoms with Gasteiger partial charge in [0.1, 0.15) is 17.4 Å². The normalized spacial score (nSPS) is 12.2. The van der Waals surface area contributed by atoms with Gasteiger partial charge < -0.3 is 10.5 Å². The molecule has 3 N–H and O–H groups in total. The van der Waals surface area contributed by atoms with Crippen LogP contribution in [0.1, 0.15) is 22.2 Å². The van der Waals surface area contributed by atoms with Crippen molar-refractivity contribution in [1.29, 1.82) is 0 Å². The monoisotopic (exact) mass is 435 g/mol. The van der Waals surface area contributed by atoms with E-state index in [-0.39, 0.29) is 6.04 Å². The average Bonchev–Trinajstić information content (AvgIpc) is 3.19. The Balaban J connectivity index is 1.60. The van der Waals surface area contributed by atoms with Gasteiger partial charge in [-0.2, -0.15) is 0 Å². The third-order valence-corrected chi connectivity index (χ3v) is 6.69. The molecule has 0 bridgehead atoms. The molecule has 0 spiro atoms. The minimum Gasteiger partial charge on any atom is -0.492 e. The largest absolute Gasteiger partial charge is 0.492 e. The number of aromatic nitrogens is 1. The molecule has 1 atom stereocenters. The molecule has 1 aromatic heterocycles. The Labute approximate surface area is 185 Å². The first-order chi connectivity index (χ1) is 14.7. The van der Waals surface area contributed by atoms with Crippen LogP contribution in [-0.2, 0) is 6.42 Å². The van der Waals surface area contributed by atoms with Gasteiger partial charge in [-0.15, -0.1) is 11.3 Å². The second-order valence-corrected chi connectivity index (χ2v) is 9.07. The highest BCUT2D eigenvalue weighted by Gasteiger charge is 2.18. The molecule has 30 heavy (non-hydrogen) atoms. The smallest absolute Gasteiger partial charge is 0.120 e. The molecule has 0 fully saturated rings. The second-order valence-electron chi connectivity index (χ2n) is 7.10. The number of fused-ring (bicyclic) bond motifs is 1. The first-order valence-electron chi connectivity index (χ1n) is 9.97. The number of hydrogen-bond donors (Lipinski definition) is 2. The van der Waals surface area contributed by atoms with Gasteiger partial charge in [0.05, 0.1) is 16.3 Å². The molecule has 0 aliphatic heterocycles. The molecule has 3 aromatic carbocycles. The Morgan fingerprint density at radius 2 is 1.93 bits per heavy atom. The van der Waals surface area contributed by atoms with E-state index in [0.717, 1.165) is 27.4 Å². The van der Waals surface area contributed by atoms with E-state index >= 15 is 0 Å². The van der Waals surface area contributed by atoms with E-state index in [0.29, 0.717) is 13.2 Å². The van der Waals surface area contributed by atoms with Crippen LogP contribution >= 0.6 is 23.3 Å². The summed E-state index contributed by atoms with van der Waals surface area (Å²) < 4.78 is 10.5. The molecule has 0 saturated heterocycles. The Kier molecular flexibility index (Phi) is 7.02. The summed E-state index contributed by atoms with van der Waals surface area (Å²) in [5, 5.41) is 1.07. The van der Waals surface area contributed by atoms with Crippen molar-refractivity contribution in [2.45, 2.75) is 24.3 Å². The molecule has 154 valence electrons. The number of nitrogens with one attached hydrogen (secondary N) is 1. The number of nitrogens with zero attached hydrogens (tertiary/aromatic N) is 1. The minimum atomic E-state index is 0.0998. The summed E-state index contributed by atoms with van der Waals surface area (Å²) in [6.07, 6.45) is 0.873. The second kappa shape index (κ2) is 10.1. The van der Waals surface area contributed by atoms with Crippen molar-refractivity contribution >= 4 is 33.5 Å². The van der Waals surface area contributed by atoms with Crippen LogP contribution in [0.5, 0.6) is 5.75 Å². The Hall–Kier alpha value is -2.38. The standard InChI is InChI=1S/C24H25N3OS2/c1-17-6-5-7-18(14-17)15-22(27-30-20-8-3-2-4-9-20)24-26-21-11-10-19(28-13-12-25)16-23(21)29-24/h2-11,14,16,22,27H,12-13,15,25H2,1H3. The third-order valence-electron chi connectivity index (χ3n) is 4.65. The van der Waals surface area contributed by atoms with E-state index in [1.54, 1.807) is 23.3 Å². The summed E-state index contributed by atoms with van der Waals surface area (Å²) >= 11 is 3.36.